The van der Waals surface area contributed by atoms with Crippen molar-refractivity contribution in [2.75, 3.05) is 11.9 Å². The summed E-state index contributed by atoms with van der Waals surface area (Å²) >= 11 is 0. The molecule has 0 saturated carbocycles. The second kappa shape index (κ2) is 5.92. The van der Waals surface area contributed by atoms with Crippen molar-refractivity contribution in [3.63, 3.8) is 0 Å². The summed E-state index contributed by atoms with van der Waals surface area (Å²) in [6.45, 7) is 7.92. The Hall–Kier alpha value is -1.77. The number of para-hydroxylation sites is 1. The molecular weight excluding hydrogens is 258 g/mol. The highest BCUT2D eigenvalue weighted by Crippen LogP contribution is 2.36. The van der Waals surface area contributed by atoms with Crippen LogP contribution in [0.4, 0.5) is 5.69 Å². The molecule has 1 unspecified atom stereocenters. The molecule has 0 amide bonds. The van der Waals surface area contributed by atoms with Gasteiger partial charge in [-0.1, -0.05) is 44.9 Å². The summed E-state index contributed by atoms with van der Waals surface area (Å²) in [4.78, 5) is 4.43. The van der Waals surface area contributed by atoms with Gasteiger partial charge in [0.15, 0.2) is 0 Å². The Labute approximate surface area is 127 Å². The Morgan fingerprint density at radius 1 is 1.29 bits per heavy atom. The molecule has 0 saturated heterocycles. The Bertz CT molecular complexity index is 611. The van der Waals surface area contributed by atoms with Gasteiger partial charge in [0.1, 0.15) is 0 Å². The molecule has 1 atom stereocenters. The lowest BCUT2D eigenvalue weighted by molar-refractivity contribution is 0.335. The van der Waals surface area contributed by atoms with Crippen molar-refractivity contribution in [3.05, 3.63) is 36.3 Å². The molecule has 0 fully saturated rings. The monoisotopic (exact) mass is 283 g/mol. The zero-order valence-corrected chi connectivity index (χ0v) is 13.3. The molecule has 1 N–H and O–H groups in total. The van der Waals surface area contributed by atoms with Crippen LogP contribution in [0.15, 0.2) is 30.7 Å². The van der Waals surface area contributed by atoms with Crippen LogP contribution >= 0.6 is 0 Å². The number of nitrogens with zero attached hydrogens (tertiary/aromatic N) is 2. The van der Waals surface area contributed by atoms with Crippen LogP contribution in [0, 0.1) is 5.92 Å². The van der Waals surface area contributed by atoms with Crippen molar-refractivity contribution in [1.29, 1.82) is 0 Å². The fourth-order valence-electron chi connectivity index (χ4n) is 3.59. The zero-order chi connectivity index (χ0) is 14.8. The molecular formula is C18H25N3. The number of anilines is 1. The Morgan fingerprint density at radius 2 is 2.10 bits per heavy atom. The number of nitrogens with one attached hydrogen (secondary N) is 1. The standard InChI is InChI=1S/C18H25N3/c1-4-14(5-2)13(3)21-12-19-11-17(21)16-8-6-7-15-9-10-20-18(15)16/h6-8,11-14,20H,4-5,9-10H2,1-3H3. The van der Waals surface area contributed by atoms with Crippen LogP contribution < -0.4 is 5.32 Å². The largest absolute Gasteiger partial charge is 0.384 e. The predicted molar refractivity (Wildman–Crippen MR) is 88.6 cm³/mol. The van der Waals surface area contributed by atoms with E-state index >= 15 is 0 Å². The van der Waals surface area contributed by atoms with Crippen molar-refractivity contribution in [1.82, 2.24) is 9.55 Å². The summed E-state index contributed by atoms with van der Waals surface area (Å²) in [6.07, 6.45) is 7.54. The van der Waals surface area contributed by atoms with Gasteiger partial charge in [-0.15, -0.1) is 0 Å². The number of rotatable bonds is 5. The number of fused-ring (bicyclic) bond motifs is 1. The molecule has 0 spiro atoms. The average Bonchev–Trinajstić information content (AvgIpc) is 3.16. The second-order valence-corrected chi connectivity index (χ2v) is 6.02. The van der Waals surface area contributed by atoms with E-state index in [4.69, 9.17) is 0 Å². The lowest BCUT2D eigenvalue weighted by Crippen LogP contribution is -2.16. The first-order valence-electron chi connectivity index (χ1n) is 8.14. The van der Waals surface area contributed by atoms with Gasteiger partial charge in [-0.05, 0) is 24.8 Å². The molecule has 0 aliphatic carbocycles. The van der Waals surface area contributed by atoms with E-state index in [-0.39, 0.29) is 0 Å². The smallest absolute Gasteiger partial charge is 0.0953 e. The number of aromatic nitrogens is 2. The first-order valence-corrected chi connectivity index (χ1v) is 8.14. The van der Waals surface area contributed by atoms with Gasteiger partial charge < -0.3 is 9.88 Å². The van der Waals surface area contributed by atoms with Crippen LogP contribution in [-0.4, -0.2) is 16.1 Å². The van der Waals surface area contributed by atoms with Crippen molar-refractivity contribution < 1.29 is 0 Å². The first kappa shape index (κ1) is 14.2. The maximum Gasteiger partial charge on any atom is 0.0953 e. The normalized spacial score (nSPS) is 15.0. The highest BCUT2D eigenvalue weighted by molar-refractivity contribution is 5.79. The molecule has 3 rings (SSSR count). The second-order valence-electron chi connectivity index (χ2n) is 6.02. The quantitative estimate of drug-likeness (QED) is 0.874. The van der Waals surface area contributed by atoms with Gasteiger partial charge in [-0.2, -0.15) is 0 Å². The zero-order valence-electron chi connectivity index (χ0n) is 13.3. The fraction of sp³-hybridized carbons (Fsp3) is 0.500. The van der Waals surface area contributed by atoms with Crippen LogP contribution in [0.3, 0.4) is 0 Å². The lowest BCUT2D eigenvalue weighted by atomic mass is 9.94. The SMILES string of the molecule is CCC(CC)C(C)n1cncc1-c1cccc2c1NCC2. The van der Waals surface area contributed by atoms with E-state index in [2.05, 4.69) is 53.8 Å². The molecule has 1 aromatic heterocycles. The van der Waals surface area contributed by atoms with Gasteiger partial charge in [0.05, 0.1) is 18.2 Å². The number of imidazole rings is 1. The van der Waals surface area contributed by atoms with E-state index in [1.165, 1.54) is 35.3 Å². The van der Waals surface area contributed by atoms with E-state index in [0.29, 0.717) is 12.0 Å². The van der Waals surface area contributed by atoms with E-state index in [1.54, 1.807) is 0 Å². The van der Waals surface area contributed by atoms with Crippen molar-refractivity contribution in [2.24, 2.45) is 5.92 Å². The number of hydrogen-bond donors (Lipinski definition) is 1. The third-order valence-corrected chi connectivity index (χ3v) is 4.96. The van der Waals surface area contributed by atoms with E-state index in [1.807, 2.05) is 12.5 Å². The highest BCUT2D eigenvalue weighted by atomic mass is 15.1. The van der Waals surface area contributed by atoms with Crippen LogP contribution in [0.2, 0.25) is 0 Å². The van der Waals surface area contributed by atoms with Crippen molar-refractivity contribution in [2.45, 2.75) is 46.1 Å². The topological polar surface area (TPSA) is 29.9 Å². The van der Waals surface area contributed by atoms with Gasteiger partial charge in [0.25, 0.3) is 0 Å². The van der Waals surface area contributed by atoms with Crippen molar-refractivity contribution >= 4 is 5.69 Å². The molecule has 1 aliphatic heterocycles. The van der Waals surface area contributed by atoms with Crippen LogP contribution in [0.5, 0.6) is 0 Å². The van der Waals surface area contributed by atoms with E-state index in [0.717, 1.165) is 13.0 Å². The number of hydrogen-bond acceptors (Lipinski definition) is 2. The average molecular weight is 283 g/mol. The molecule has 0 radical (unpaired) electrons. The highest BCUT2D eigenvalue weighted by Gasteiger charge is 2.21. The minimum absolute atomic E-state index is 0.481. The molecule has 3 nitrogen and oxygen atoms in total. The first-order chi connectivity index (χ1) is 10.3. The third-order valence-electron chi connectivity index (χ3n) is 4.96. The maximum absolute atomic E-state index is 4.43. The van der Waals surface area contributed by atoms with Crippen molar-refractivity contribution in [3.8, 4) is 11.3 Å². The van der Waals surface area contributed by atoms with E-state index < -0.39 is 0 Å². The van der Waals surface area contributed by atoms with Gasteiger partial charge in [-0.25, -0.2) is 4.98 Å². The summed E-state index contributed by atoms with van der Waals surface area (Å²) in [5, 5.41) is 3.54. The molecule has 1 aromatic carbocycles. The predicted octanol–water partition coefficient (Wildman–Crippen LogP) is 4.52. The lowest BCUT2D eigenvalue weighted by Gasteiger charge is -2.25. The summed E-state index contributed by atoms with van der Waals surface area (Å²) < 4.78 is 2.35. The van der Waals surface area contributed by atoms with Crippen LogP contribution in [-0.2, 0) is 6.42 Å². The van der Waals surface area contributed by atoms with Gasteiger partial charge in [0, 0.05) is 23.8 Å². The van der Waals surface area contributed by atoms with E-state index in [9.17, 15) is 0 Å². The summed E-state index contributed by atoms with van der Waals surface area (Å²) in [6, 6.07) is 7.09. The summed E-state index contributed by atoms with van der Waals surface area (Å²) in [5.74, 6) is 0.697. The molecule has 3 heteroatoms. The third kappa shape index (κ3) is 2.45. The van der Waals surface area contributed by atoms with Gasteiger partial charge in [0.2, 0.25) is 0 Å². The molecule has 2 aromatic rings. The van der Waals surface area contributed by atoms with Crippen LogP contribution in [0.25, 0.3) is 11.3 Å². The minimum Gasteiger partial charge on any atom is -0.384 e. The van der Waals surface area contributed by atoms with Gasteiger partial charge in [-0.3, -0.25) is 0 Å². The Balaban J connectivity index is 2.02. The van der Waals surface area contributed by atoms with Crippen LogP contribution in [0.1, 0.15) is 45.2 Å². The molecule has 112 valence electrons. The molecule has 1 aliphatic rings. The van der Waals surface area contributed by atoms with Gasteiger partial charge >= 0.3 is 0 Å². The molecule has 0 bridgehead atoms. The Kier molecular flexibility index (Phi) is 4.00. The maximum atomic E-state index is 4.43. The summed E-state index contributed by atoms with van der Waals surface area (Å²) in [5.41, 5.74) is 5.26. The Morgan fingerprint density at radius 3 is 2.86 bits per heavy atom. The molecule has 21 heavy (non-hydrogen) atoms. The minimum atomic E-state index is 0.481. The molecule has 2 heterocycles. The fourth-order valence-corrected chi connectivity index (χ4v) is 3.59. The number of benzene rings is 1. The summed E-state index contributed by atoms with van der Waals surface area (Å²) in [7, 11) is 0.